The van der Waals surface area contributed by atoms with E-state index >= 15 is 0 Å². The van der Waals surface area contributed by atoms with E-state index < -0.39 is 0 Å². The molecule has 1 atom stereocenters. The highest BCUT2D eigenvalue weighted by molar-refractivity contribution is 5.96. The smallest absolute Gasteiger partial charge is 0.227 e. The Morgan fingerprint density at radius 1 is 1.22 bits per heavy atom. The maximum absolute atomic E-state index is 13.3. The van der Waals surface area contributed by atoms with Crippen molar-refractivity contribution in [2.75, 3.05) is 30.9 Å². The van der Waals surface area contributed by atoms with E-state index in [0.717, 1.165) is 18.5 Å². The Morgan fingerprint density at radius 2 is 1.94 bits per heavy atom. The van der Waals surface area contributed by atoms with Crippen LogP contribution < -0.4 is 10.2 Å². The van der Waals surface area contributed by atoms with Crippen LogP contribution in [0.5, 0.6) is 0 Å². The third-order valence-corrected chi connectivity index (χ3v) is 6.47. The Labute approximate surface area is 188 Å². The summed E-state index contributed by atoms with van der Waals surface area (Å²) in [6, 6.07) is 7.80. The predicted octanol–water partition coefficient (Wildman–Crippen LogP) is 3.72. The minimum atomic E-state index is -0.331. The largest absolute Gasteiger partial charge is 0.373 e. The summed E-state index contributed by atoms with van der Waals surface area (Å²) in [6.45, 7) is 0.803. The lowest BCUT2D eigenvalue weighted by atomic mass is 10.0. The van der Waals surface area contributed by atoms with Gasteiger partial charge in [0.1, 0.15) is 17.5 Å². The van der Waals surface area contributed by atoms with Crippen molar-refractivity contribution < 1.29 is 14.0 Å². The van der Waals surface area contributed by atoms with Crippen LogP contribution >= 0.6 is 0 Å². The number of halogens is 1. The Bertz CT molecular complexity index is 975. The third-order valence-electron chi connectivity index (χ3n) is 6.47. The van der Waals surface area contributed by atoms with Crippen molar-refractivity contribution in [1.29, 1.82) is 0 Å². The molecule has 2 aliphatic rings. The first-order valence-electron chi connectivity index (χ1n) is 11.3. The summed E-state index contributed by atoms with van der Waals surface area (Å²) in [5, 5.41) is 3.06. The van der Waals surface area contributed by atoms with Crippen LogP contribution in [-0.2, 0) is 16.1 Å². The Morgan fingerprint density at radius 3 is 2.62 bits per heavy atom. The molecule has 2 amide bonds. The summed E-state index contributed by atoms with van der Waals surface area (Å²) in [6.07, 6.45) is 5.61. The SMILES string of the molecule is CNc1cc(C2CC(=O)N(c3ccc(F)cc3)C2)nc(CN(C)C(=O)CC2CCCC2)n1. The summed E-state index contributed by atoms with van der Waals surface area (Å²) in [7, 11) is 3.58. The van der Waals surface area contributed by atoms with Crippen LogP contribution in [0.15, 0.2) is 30.3 Å². The van der Waals surface area contributed by atoms with E-state index in [-0.39, 0.29) is 23.5 Å². The maximum atomic E-state index is 13.3. The van der Waals surface area contributed by atoms with E-state index in [2.05, 4.69) is 10.3 Å². The highest BCUT2D eigenvalue weighted by Crippen LogP contribution is 2.32. The van der Waals surface area contributed by atoms with Crippen molar-refractivity contribution in [2.45, 2.75) is 51.0 Å². The van der Waals surface area contributed by atoms with Gasteiger partial charge in [0.2, 0.25) is 11.8 Å². The molecule has 1 aliphatic heterocycles. The molecule has 1 aliphatic carbocycles. The lowest BCUT2D eigenvalue weighted by Gasteiger charge is -2.20. The fraction of sp³-hybridized carbons (Fsp3) is 0.500. The molecule has 0 spiro atoms. The second kappa shape index (κ2) is 9.63. The third kappa shape index (κ3) is 5.06. The molecule has 1 saturated heterocycles. The summed E-state index contributed by atoms with van der Waals surface area (Å²) < 4.78 is 13.3. The molecule has 4 rings (SSSR count). The van der Waals surface area contributed by atoms with E-state index in [4.69, 9.17) is 4.98 Å². The van der Waals surface area contributed by atoms with Crippen molar-refractivity contribution in [1.82, 2.24) is 14.9 Å². The van der Waals surface area contributed by atoms with E-state index in [9.17, 15) is 14.0 Å². The summed E-state index contributed by atoms with van der Waals surface area (Å²) in [5.41, 5.74) is 1.45. The number of carbonyl (C=O) groups is 2. The van der Waals surface area contributed by atoms with Crippen molar-refractivity contribution in [3.8, 4) is 0 Å². The fourth-order valence-corrected chi connectivity index (χ4v) is 4.62. The monoisotopic (exact) mass is 439 g/mol. The summed E-state index contributed by atoms with van der Waals surface area (Å²) >= 11 is 0. The number of benzene rings is 1. The van der Waals surface area contributed by atoms with Crippen molar-refractivity contribution in [3.63, 3.8) is 0 Å². The molecule has 0 bridgehead atoms. The highest BCUT2D eigenvalue weighted by atomic mass is 19.1. The molecular weight excluding hydrogens is 409 g/mol. The first-order chi connectivity index (χ1) is 15.4. The van der Waals surface area contributed by atoms with Crippen LogP contribution in [0.1, 0.15) is 56.0 Å². The van der Waals surface area contributed by atoms with Gasteiger partial charge in [-0.25, -0.2) is 14.4 Å². The molecule has 1 saturated carbocycles. The highest BCUT2D eigenvalue weighted by Gasteiger charge is 2.33. The van der Waals surface area contributed by atoms with Crippen molar-refractivity contribution in [2.24, 2.45) is 5.92 Å². The zero-order chi connectivity index (χ0) is 22.7. The van der Waals surface area contributed by atoms with E-state index in [1.54, 1.807) is 36.0 Å². The number of rotatable bonds is 7. The fourth-order valence-electron chi connectivity index (χ4n) is 4.62. The van der Waals surface area contributed by atoms with Gasteiger partial charge in [-0.1, -0.05) is 12.8 Å². The molecular formula is C24H30FN5O2. The van der Waals surface area contributed by atoms with Crippen LogP contribution in [0.2, 0.25) is 0 Å². The number of carbonyl (C=O) groups excluding carboxylic acids is 2. The molecule has 2 aromatic rings. The molecule has 7 nitrogen and oxygen atoms in total. The van der Waals surface area contributed by atoms with Gasteiger partial charge in [0, 0.05) is 51.2 Å². The first-order valence-corrected chi connectivity index (χ1v) is 11.3. The van der Waals surface area contributed by atoms with E-state index in [1.165, 1.54) is 25.0 Å². The van der Waals surface area contributed by atoms with Gasteiger partial charge in [-0.05, 0) is 43.0 Å². The second-order valence-electron chi connectivity index (χ2n) is 8.83. The Kier molecular flexibility index (Phi) is 6.67. The van der Waals surface area contributed by atoms with Crippen LogP contribution in [-0.4, -0.2) is 47.3 Å². The van der Waals surface area contributed by atoms with Gasteiger partial charge in [-0.15, -0.1) is 0 Å². The topological polar surface area (TPSA) is 78.4 Å². The molecule has 1 unspecified atom stereocenters. The molecule has 170 valence electrons. The minimum Gasteiger partial charge on any atom is -0.373 e. The maximum Gasteiger partial charge on any atom is 0.227 e. The Hall–Kier alpha value is -3.03. The van der Waals surface area contributed by atoms with Crippen molar-refractivity contribution in [3.05, 3.63) is 47.7 Å². The predicted molar refractivity (Wildman–Crippen MR) is 121 cm³/mol. The van der Waals surface area contributed by atoms with Crippen LogP contribution in [0, 0.1) is 11.7 Å². The molecule has 32 heavy (non-hydrogen) atoms. The van der Waals surface area contributed by atoms with E-state index in [1.807, 2.05) is 6.07 Å². The number of hydrogen-bond acceptors (Lipinski definition) is 5. The molecule has 8 heteroatoms. The van der Waals surface area contributed by atoms with Gasteiger partial charge in [0.15, 0.2) is 0 Å². The Balaban J connectivity index is 1.47. The van der Waals surface area contributed by atoms with Crippen LogP contribution in [0.3, 0.4) is 0 Å². The van der Waals surface area contributed by atoms with Gasteiger partial charge < -0.3 is 15.1 Å². The van der Waals surface area contributed by atoms with Gasteiger partial charge in [-0.2, -0.15) is 0 Å². The molecule has 0 radical (unpaired) electrons. The number of amides is 2. The van der Waals surface area contributed by atoms with E-state index in [0.29, 0.717) is 49.2 Å². The molecule has 1 aromatic carbocycles. The standard InChI is InChI=1S/C24H30FN5O2/c1-26-21-13-20(17-12-24(32)30(14-17)19-9-7-18(25)8-10-19)27-22(28-21)15-29(2)23(31)11-16-5-3-4-6-16/h7-10,13,16-17H,3-6,11-12,14-15H2,1-2H3,(H,26,27,28). The molecule has 1 N–H and O–H groups in total. The number of nitrogens with zero attached hydrogens (tertiary/aromatic N) is 4. The lowest BCUT2D eigenvalue weighted by molar-refractivity contribution is -0.131. The van der Waals surface area contributed by atoms with Gasteiger partial charge in [0.05, 0.1) is 12.2 Å². The second-order valence-corrected chi connectivity index (χ2v) is 8.83. The summed E-state index contributed by atoms with van der Waals surface area (Å²) in [4.78, 5) is 37.9. The number of anilines is 2. The molecule has 2 heterocycles. The van der Waals surface area contributed by atoms with Gasteiger partial charge >= 0.3 is 0 Å². The quantitative estimate of drug-likeness (QED) is 0.712. The number of nitrogens with one attached hydrogen (secondary N) is 1. The molecule has 2 fully saturated rings. The lowest BCUT2D eigenvalue weighted by Crippen LogP contribution is -2.29. The van der Waals surface area contributed by atoms with Crippen LogP contribution in [0.25, 0.3) is 0 Å². The average Bonchev–Trinajstić information content (AvgIpc) is 3.43. The van der Waals surface area contributed by atoms with Gasteiger partial charge in [0.25, 0.3) is 0 Å². The number of hydrogen-bond donors (Lipinski definition) is 1. The zero-order valence-corrected chi connectivity index (χ0v) is 18.7. The average molecular weight is 440 g/mol. The minimum absolute atomic E-state index is 0.0170. The summed E-state index contributed by atoms with van der Waals surface area (Å²) in [5.74, 6) is 1.39. The van der Waals surface area contributed by atoms with Crippen LogP contribution in [0.4, 0.5) is 15.9 Å². The first kappa shape index (κ1) is 22.2. The number of aromatic nitrogens is 2. The zero-order valence-electron chi connectivity index (χ0n) is 18.7. The van der Waals surface area contributed by atoms with Gasteiger partial charge in [-0.3, -0.25) is 9.59 Å². The molecule has 1 aromatic heterocycles. The van der Waals surface area contributed by atoms with Crippen molar-refractivity contribution >= 4 is 23.3 Å². The normalized spacial score (nSPS) is 18.9.